The molecule has 4 nitrogen and oxygen atoms in total. The van der Waals surface area contributed by atoms with Gasteiger partial charge in [0.25, 0.3) is 0 Å². The number of aliphatic hydroxyl groups is 1. The third-order valence-electron chi connectivity index (χ3n) is 2.98. The normalized spacial score (nSPS) is 10.3. The molecule has 0 heterocycles. The van der Waals surface area contributed by atoms with Gasteiger partial charge in [0.05, 0.1) is 6.54 Å². The van der Waals surface area contributed by atoms with Gasteiger partial charge in [-0.15, -0.1) is 0 Å². The van der Waals surface area contributed by atoms with E-state index in [4.69, 9.17) is 10.8 Å². The third kappa shape index (κ3) is 6.39. The first kappa shape index (κ1) is 17.2. The average molecular weight is 292 g/mol. The molecule has 1 aromatic carbocycles. The second kappa shape index (κ2) is 9.11. The van der Waals surface area contributed by atoms with E-state index in [1.807, 2.05) is 4.90 Å². The fraction of sp³-hybridized carbons (Fsp3) is 0.438. The van der Waals surface area contributed by atoms with Crippen molar-refractivity contribution < 1.29 is 14.3 Å². The maximum atomic E-state index is 13.3. The molecular formula is C16H21FN2O2. The highest BCUT2D eigenvalue weighted by Crippen LogP contribution is 2.13. The highest BCUT2D eigenvalue weighted by molar-refractivity contribution is 5.75. The Morgan fingerprint density at radius 2 is 2.24 bits per heavy atom. The second-order valence-electron chi connectivity index (χ2n) is 4.79. The molecule has 21 heavy (non-hydrogen) atoms. The van der Waals surface area contributed by atoms with Gasteiger partial charge >= 0.3 is 0 Å². The lowest BCUT2D eigenvalue weighted by molar-refractivity contribution is -0.119. The van der Waals surface area contributed by atoms with Crippen LogP contribution in [0.1, 0.15) is 30.9 Å². The minimum Gasteiger partial charge on any atom is -0.384 e. The summed E-state index contributed by atoms with van der Waals surface area (Å²) in [6, 6.07) is 4.35. The number of unbranched alkanes of at least 4 members (excludes halogenated alkanes) is 1. The van der Waals surface area contributed by atoms with Gasteiger partial charge < -0.3 is 10.8 Å². The summed E-state index contributed by atoms with van der Waals surface area (Å²) in [5.41, 5.74) is 6.60. The van der Waals surface area contributed by atoms with Gasteiger partial charge in [-0.3, -0.25) is 9.69 Å². The molecule has 0 aliphatic heterocycles. The number of carbonyl (C=O) groups is 1. The summed E-state index contributed by atoms with van der Waals surface area (Å²) in [4.78, 5) is 13.1. The zero-order valence-electron chi connectivity index (χ0n) is 12.2. The first-order valence-electron chi connectivity index (χ1n) is 6.95. The molecule has 0 spiro atoms. The molecule has 1 amide bonds. The zero-order chi connectivity index (χ0) is 15.7. The first-order chi connectivity index (χ1) is 10.1. The minimum atomic E-state index is -0.392. The molecule has 0 aliphatic carbocycles. The molecule has 1 rings (SSSR count). The summed E-state index contributed by atoms with van der Waals surface area (Å²) in [6.45, 7) is 3.15. The van der Waals surface area contributed by atoms with Gasteiger partial charge in [-0.2, -0.15) is 0 Å². The molecular weight excluding hydrogens is 271 g/mol. The van der Waals surface area contributed by atoms with Crippen LogP contribution in [0.25, 0.3) is 0 Å². The maximum Gasteiger partial charge on any atom is 0.231 e. The Balaban J connectivity index is 2.93. The molecule has 0 atom stereocenters. The Hall–Kier alpha value is -1.90. The van der Waals surface area contributed by atoms with Crippen molar-refractivity contribution >= 4 is 5.91 Å². The van der Waals surface area contributed by atoms with Crippen molar-refractivity contribution in [2.75, 3.05) is 19.7 Å². The van der Waals surface area contributed by atoms with Crippen molar-refractivity contribution in [2.45, 2.75) is 26.3 Å². The summed E-state index contributed by atoms with van der Waals surface area (Å²) in [5, 5.41) is 8.77. The van der Waals surface area contributed by atoms with Crippen molar-refractivity contribution in [1.29, 1.82) is 0 Å². The average Bonchev–Trinajstić information content (AvgIpc) is 2.44. The van der Waals surface area contributed by atoms with Crippen LogP contribution in [0.2, 0.25) is 0 Å². The van der Waals surface area contributed by atoms with Crippen molar-refractivity contribution in [2.24, 2.45) is 5.73 Å². The lowest BCUT2D eigenvalue weighted by atomic mass is 10.1. The Kier molecular flexibility index (Phi) is 7.44. The van der Waals surface area contributed by atoms with Crippen molar-refractivity contribution in [3.8, 4) is 11.8 Å². The maximum absolute atomic E-state index is 13.3. The summed E-state index contributed by atoms with van der Waals surface area (Å²) in [6.07, 6.45) is 1.96. The number of rotatable bonds is 7. The number of benzene rings is 1. The molecule has 1 aromatic rings. The van der Waals surface area contributed by atoms with E-state index in [9.17, 15) is 9.18 Å². The van der Waals surface area contributed by atoms with Crippen LogP contribution in [-0.2, 0) is 11.3 Å². The quantitative estimate of drug-likeness (QED) is 0.744. The Morgan fingerprint density at radius 3 is 2.86 bits per heavy atom. The van der Waals surface area contributed by atoms with Crippen molar-refractivity contribution in [1.82, 2.24) is 4.90 Å². The summed E-state index contributed by atoms with van der Waals surface area (Å²) < 4.78 is 13.3. The summed E-state index contributed by atoms with van der Waals surface area (Å²) >= 11 is 0. The number of carbonyl (C=O) groups excluding carboxylic acids is 1. The van der Waals surface area contributed by atoms with Gasteiger partial charge in [0, 0.05) is 12.1 Å². The number of hydrogen-bond donors (Lipinski definition) is 2. The molecule has 114 valence electrons. The molecule has 5 heteroatoms. The standard InChI is InChI=1S/C16H21FN2O2/c1-2-3-8-19(12-16(18)21)11-14-6-7-15(17)10-13(14)5-4-9-20/h6-7,10,20H,2-3,8-9,11-12H2,1H3,(H2,18,21). The van der Waals surface area contributed by atoms with Crippen LogP contribution in [0.5, 0.6) is 0 Å². The molecule has 0 saturated carbocycles. The fourth-order valence-electron chi connectivity index (χ4n) is 1.99. The fourth-order valence-corrected chi connectivity index (χ4v) is 1.99. The Labute approximate surface area is 124 Å². The summed E-state index contributed by atoms with van der Waals surface area (Å²) in [5.74, 6) is 4.48. The van der Waals surface area contributed by atoms with E-state index in [-0.39, 0.29) is 19.0 Å². The molecule has 0 fully saturated rings. The molecule has 0 radical (unpaired) electrons. The van der Waals surface area contributed by atoms with Crippen molar-refractivity contribution in [3.63, 3.8) is 0 Å². The lowest BCUT2D eigenvalue weighted by Crippen LogP contribution is -2.34. The van der Waals surface area contributed by atoms with E-state index in [1.54, 1.807) is 6.07 Å². The van der Waals surface area contributed by atoms with Gasteiger partial charge in [-0.05, 0) is 30.7 Å². The number of nitrogens with two attached hydrogens (primary N) is 1. The lowest BCUT2D eigenvalue weighted by Gasteiger charge is -2.21. The monoisotopic (exact) mass is 292 g/mol. The van der Waals surface area contributed by atoms with E-state index in [0.717, 1.165) is 24.9 Å². The van der Waals surface area contributed by atoms with Crippen LogP contribution in [0.4, 0.5) is 4.39 Å². The van der Waals surface area contributed by atoms with E-state index in [1.165, 1.54) is 12.1 Å². The topological polar surface area (TPSA) is 66.6 Å². The number of aliphatic hydroxyl groups excluding tert-OH is 1. The molecule has 0 aliphatic rings. The van der Waals surface area contributed by atoms with E-state index < -0.39 is 5.91 Å². The van der Waals surface area contributed by atoms with Crippen LogP contribution in [-0.4, -0.2) is 35.6 Å². The molecule has 0 bridgehead atoms. The first-order valence-corrected chi connectivity index (χ1v) is 6.95. The van der Waals surface area contributed by atoms with Crippen LogP contribution >= 0.6 is 0 Å². The van der Waals surface area contributed by atoms with Gasteiger partial charge in [0.1, 0.15) is 12.4 Å². The van der Waals surface area contributed by atoms with E-state index >= 15 is 0 Å². The van der Waals surface area contributed by atoms with Gasteiger partial charge in [-0.25, -0.2) is 4.39 Å². The van der Waals surface area contributed by atoms with Crippen molar-refractivity contribution in [3.05, 3.63) is 35.1 Å². The SMILES string of the molecule is CCCCN(CC(N)=O)Cc1ccc(F)cc1C#CCO. The number of halogens is 1. The highest BCUT2D eigenvalue weighted by Gasteiger charge is 2.11. The van der Waals surface area contributed by atoms with E-state index in [0.29, 0.717) is 12.1 Å². The summed E-state index contributed by atoms with van der Waals surface area (Å²) in [7, 11) is 0. The predicted octanol–water partition coefficient (Wildman–Crippen LogP) is 1.26. The number of amides is 1. The smallest absolute Gasteiger partial charge is 0.231 e. The molecule has 0 saturated heterocycles. The minimum absolute atomic E-state index is 0.157. The Bertz CT molecular complexity index is 535. The zero-order valence-corrected chi connectivity index (χ0v) is 12.2. The second-order valence-corrected chi connectivity index (χ2v) is 4.79. The highest BCUT2D eigenvalue weighted by atomic mass is 19.1. The van der Waals surface area contributed by atoms with Crippen LogP contribution in [0.3, 0.4) is 0 Å². The molecule has 3 N–H and O–H groups in total. The van der Waals surface area contributed by atoms with Crippen LogP contribution < -0.4 is 5.73 Å². The largest absolute Gasteiger partial charge is 0.384 e. The number of hydrogen-bond acceptors (Lipinski definition) is 3. The van der Waals surface area contributed by atoms with Crippen LogP contribution in [0, 0.1) is 17.7 Å². The molecule has 0 unspecified atom stereocenters. The Morgan fingerprint density at radius 1 is 1.48 bits per heavy atom. The van der Waals surface area contributed by atoms with Gasteiger partial charge in [0.15, 0.2) is 0 Å². The van der Waals surface area contributed by atoms with Gasteiger partial charge in [0.2, 0.25) is 5.91 Å². The predicted molar refractivity (Wildman–Crippen MR) is 79.7 cm³/mol. The van der Waals surface area contributed by atoms with Gasteiger partial charge in [-0.1, -0.05) is 31.3 Å². The van der Waals surface area contributed by atoms with E-state index in [2.05, 4.69) is 18.8 Å². The van der Waals surface area contributed by atoms with Crippen LogP contribution in [0.15, 0.2) is 18.2 Å². The third-order valence-corrected chi connectivity index (χ3v) is 2.98. The number of nitrogens with zero attached hydrogens (tertiary/aromatic N) is 1. The molecule has 0 aromatic heterocycles. The number of primary amides is 1.